The number of aromatic nitrogens is 5. The Hall–Kier alpha value is -4.01. The lowest BCUT2D eigenvalue weighted by Gasteiger charge is -2.19. The Balaban J connectivity index is 1.56. The van der Waals surface area contributed by atoms with Gasteiger partial charge in [-0.05, 0) is 24.1 Å². The molecular weight excluding hydrogens is 396 g/mol. The second-order valence-corrected chi connectivity index (χ2v) is 7.28. The standard InChI is InChI=1S/C22H22N6O3/c1-28-18-10-6-5-9-15(18)24-20(28)17(13-14-7-3-2-4-8-14)23-19(29)12-11-16-21(30)25-22(31)27-26-16/h2-10,17H,11-13H2,1H3,(H,23,29)(H2,25,27,30,31). The van der Waals surface area contributed by atoms with Crippen molar-refractivity contribution >= 4 is 16.9 Å². The van der Waals surface area contributed by atoms with Gasteiger partial charge in [-0.25, -0.2) is 14.9 Å². The zero-order valence-electron chi connectivity index (χ0n) is 17.0. The van der Waals surface area contributed by atoms with Gasteiger partial charge in [-0.2, -0.15) is 5.10 Å². The van der Waals surface area contributed by atoms with Crippen LogP contribution in [-0.4, -0.2) is 30.6 Å². The van der Waals surface area contributed by atoms with Crippen molar-refractivity contribution in [3.05, 3.63) is 92.5 Å². The van der Waals surface area contributed by atoms with Crippen molar-refractivity contribution in [1.29, 1.82) is 0 Å². The molecule has 3 N–H and O–H groups in total. The summed E-state index contributed by atoms with van der Waals surface area (Å²) in [6.45, 7) is 0. The zero-order chi connectivity index (χ0) is 21.8. The smallest absolute Gasteiger partial charge is 0.342 e. The van der Waals surface area contributed by atoms with Crippen LogP contribution in [-0.2, 0) is 24.7 Å². The number of rotatable bonds is 7. The topological polar surface area (TPSA) is 126 Å². The van der Waals surface area contributed by atoms with E-state index in [0.717, 1.165) is 22.4 Å². The minimum absolute atomic E-state index is 0.0529. The number of carbonyl (C=O) groups excluding carboxylic acids is 1. The van der Waals surface area contributed by atoms with Crippen LogP contribution >= 0.6 is 0 Å². The molecule has 4 rings (SSSR count). The van der Waals surface area contributed by atoms with Crippen LogP contribution in [0.4, 0.5) is 0 Å². The number of hydrogen-bond donors (Lipinski definition) is 3. The average molecular weight is 418 g/mol. The molecule has 1 amide bonds. The van der Waals surface area contributed by atoms with E-state index in [2.05, 4.69) is 20.5 Å². The van der Waals surface area contributed by atoms with Crippen LogP contribution in [0.1, 0.15) is 29.5 Å². The van der Waals surface area contributed by atoms with Crippen molar-refractivity contribution < 1.29 is 4.79 Å². The molecule has 0 aliphatic heterocycles. The van der Waals surface area contributed by atoms with Gasteiger partial charge < -0.3 is 9.88 Å². The van der Waals surface area contributed by atoms with Gasteiger partial charge in [-0.15, -0.1) is 0 Å². The molecule has 9 heteroatoms. The average Bonchev–Trinajstić information content (AvgIpc) is 3.10. The molecule has 0 spiro atoms. The lowest BCUT2D eigenvalue weighted by molar-refractivity contribution is -0.121. The molecule has 31 heavy (non-hydrogen) atoms. The van der Waals surface area contributed by atoms with Gasteiger partial charge in [-0.1, -0.05) is 42.5 Å². The summed E-state index contributed by atoms with van der Waals surface area (Å²) in [7, 11) is 1.93. The summed E-state index contributed by atoms with van der Waals surface area (Å²) >= 11 is 0. The number of fused-ring (bicyclic) bond motifs is 1. The molecule has 2 heterocycles. The molecule has 1 unspecified atom stereocenters. The van der Waals surface area contributed by atoms with Crippen molar-refractivity contribution in [1.82, 2.24) is 30.0 Å². The van der Waals surface area contributed by atoms with Gasteiger partial charge in [0.1, 0.15) is 11.5 Å². The first-order chi connectivity index (χ1) is 15.0. The summed E-state index contributed by atoms with van der Waals surface area (Å²) in [5, 5.41) is 8.95. The minimum Gasteiger partial charge on any atom is -0.346 e. The number of carbonyl (C=O) groups is 1. The monoisotopic (exact) mass is 418 g/mol. The number of hydrogen-bond acceptors (Lipinski definition) is 5. The van der Waals surface area contributed by atoms with E-state index >= 15 is 0 Å². The van der Waals surface area contributed by atoms with Crippen molar-refractivity contribution in [3.63, 3.8) is 0 Å². The van der Waals surface area contributed by atoms with Crippen LogP contribution in [0, 0.1) is 0 Å². The van der Waals surface area contributed by atoms with Gasteiger partial charge in [0.2, 0.25) is 5.91 Å². The quantitative estimate of drug-likeness (QED) is 0.418. The molecule has 0 radical (unpaired) electrons. The Labute approximate surface area is 177 Å². The highest BCUT2D eigenvalue weighted by atomic mass is 16.2. The van der Waals surface area contributed by atoms with Gasteiger partial charge in [0.05, 0.1) is 17.1 Å². The Kier molecular flexibility index (Phi) is 5.74. The highest BCUT2D eigenvalue weighted by Gasteiger charge is 2.21. The molecule has 9 nitrogen and oxygen atoms in total. The van der Waals surface area contributed by atoms with Gasteiger partial charge in [0, 0.05) is 19.9 Å². The first kappa shape index (κ1) is 20.3. The first-order valence-electron chi connectivity index (χ1n) is 9.94. The fraction of sp³-hybridized carbons (Fsp3) is 0.227. The normalized spacial score (nSPS) is 12.0. The van der Waals surface area contributed by atoms with E-state index in [1.807, 2.05) is 66.2 Å². The Morgan fingerprint density at radius 1 is 1.10 bits per heavy atom. The van der Waals surface area contributed by atoms with Crippen LogP contribution in [0.5, 0.6) is 0 Å². The summed E-state index contributed by atoms with van der Waals surface area (Å²) in [4.78, 5) is 42.5. The van der Waals surface area contributed by atoms with E-state index in [9.17, 15) is 14.4 Å². The van der Waals surface area contributed by atoms with Crippen molar-refractivity contribution in [2.45, 2.75) is 25.3 Å². The maximum absolute atomic E-state index is 12.7. The van der Waals surface area contributed by atoms with Crippen molar-refractivity contribution in [2.24, 2.45) is 7.05 Å². The molecule has 0 saturated carbocycles. The van der Waals surface area contributed by atoms with Crippen molar-refractivity contribution in [3.8, 4) is 0 Å². The number of benzene rings is 2. The number of aryl methyl sites for hydroxylation is 2. The van der Waals surface area contributed by atoms with Crippen LogP contribution in [0.15, 0.2) is 64.2 Å². The summed E-state index contributed by atoms with van der Waals surface area (Å²) in [6, 6.07) is 17.3. The van der Waals surface area contributed by atoms with Crippen molar-refractivity contribution in [2.75, 3.05) is 0 Å². The molecule has 1 atom stereocenters. The minimum atomic E-state index is -0.678. The third-order valence-corrected chi connectivity index (χ3v) is 5.12. The molecule has 2 aromatic carbocycles. The number of amides is 1. The van der Waals surface area contributed by atoms with E-state index < -0.39 is 11.2 Å². The largest absolute Gasteiger partial charge is 0.346 e. The van der Waals surface area contributed by atoms with Crippen LogP contribution in [0.2, 0.25) is 0 Å². The summed E-state index contributed by atoms with van der Waals surface area (Å²) in [6.07, 6.45) is 0.733. The third kappa shape index (κ3) is 4.61. The summed E-state index contributed by atoms with van der Waals surface area (Å²) in [5.41, 5.74) is 1.75. The number of nitrogens with zero attached hydrogens (tertiary/aromatic N) is 3. The Morgan fingerprint density at radius 3 is 2.58 bits per heavy atom. The van der Waals surface area contributed by atoms with Gasteiger partial charge in [-0.3, -0.25) is 14.6 Å². The predicted octanol–water partition coefficient (Wildman–Crippen LogP) is 1.38. The van der Waals surface area contributed by atoms with E-state index in [1.165, 1.54) is 0 Å². The second kappa shape index (κ2) is 8.78. The van der Waals surface area contributed by atoms with E-state index in [-0.39, 0.29) is 30.5 Å². The Morgan fingerprint density at radius 2 is 1.84 bits per heavy atom. The molecule has 158 valence electrons. The fourth-order valence-electron chi connectivity index (χ4n) is 3.57. The van der Waals surface area contributed by atoms with Crippen LogP contribution in [0.3, 0.4) is 0 Å². The molecule has 0 bridgehead atoms. The molecule has 0 fully saturated rings. The molecule has 2 aromatic heterocycles. The predicted molar refractivity (Wildman–Crippen MR) is 116 cm³/mol. The van der Waals surface area contributed by atoms with Gasteiger partial charge in [0.15, 0.2) is 0 Å². The number of nitrogens with one attached hydrogen (secondary N) is 3. The fourth-order valence-corrected chi connectivity index (χ4v) is 3.57. The van der Waals surface area contributed by atoms with Crippen LogP contribution in [0.25, 0.3) is 11.0 Å². The van der Waals surface area contributed by atoms with E-state index in [1.54, 1.807) is 0 Å². The maximum Gasteiger partial charge on any atom is 0.342 e. The molecule has 4 aromatic rings. The van der Waals surface area contributed by atoms with Crippen LogP contribution < -0.4 is 16.6 Å². The lowest BCUT2D eigenvalue weighted by atomic mass is 10.0. The molecule has 0 saturated heterocycles. The Bertz CT molecular complexity index is 1320. The molecular formula is C22H22N6O3. The van der Waals surface area contributed by atoms with Gasteiger partial charge >= 0.3 is 5.69 Å². The highest BCUT2D eigenvalue weighted by Crippen LogP contribution is 2.22. The number of aromatic amines is 2. The maximum atomic E-state index is 12.7. The number of imidazole rings is 1. The first-order valence-corrected chi connectivity index (χ1v) is 9.94. The third-order valence-electron chi connectivity index (χ3n) is 5.12. The number of H-pyrrole nitrogens is 2. The second-order valence-electron chi connectivity index (χ2n) is 7.28. The molecule has 0 aliphatic carbocycles. The molecule has 0 aliphatic rings. The SMILES string of the molecule is Cn1c(C(Cc2ccccc2)NC(=O)CCc2n[nH]c(=O)[nH]c2=O)nc2ccccc21. The summed E-state index contributed by atoms with van der Waals surface area (Å²) < 4.78 is 1.98. The zero-order valence-corrected chi connectivity index (χ0v) is 17.0. The van der Waals surface area contributed by atoms with Gasteiger partial charge in [0.25, 0.3) is 5.56 Å². The lowest BCUT2D eigenvalue weighted by Crippen LogP contribution is -2.33. The van der Waals surface area contributed by atoms with E-state index in [0.29, 0.717) is 6.42 Å². The highest BCUT2D eigenvalue weighted by molar-refractivity contribution is 5.78. The van der Waals surface area contributed by atoms with E-state index in [4.69, 9.17) is 4.98 Å². The summed E-state index contributed by atoms with van der Waals surface area (Å²) in [5.74, 6) is 0.513. The number of para-hydroxylation sites is 2.